The molecule has 1 unspecified atom stereocenters. The molecule has 1 aromatic heterocycles. The van der Waals surface area contributed by atoms with E-state index in [2.05, 4.69) is 15.6 Å². The largest absolute Gasteiger partial charge is 0.476 e. The Morgan fingerprint density at radius 2 is 2.27 bits per heavy atom. The van der Waals surface area contributed by atoms with Crippen LogP contribution < -0.4 is 10.6 Å². The van der Waals surface area contributed by atoms with Crippen LogP contribution in [0.5, 0.6) is 0 Å². The number of anilines is 1. The number of aromatic carboxylic acids is 1. The number of aromatic nitrogens is 1. The smallest absolute Gasteiger partial charge is 0.357 e. The minimum Gasteiger partial charge on any atom is -0.476 e. The van der Waals surface area contributed by atoms with Crippen molar-refractivity contribution in [3.8, 4) is 0 Å². The number of carbonyl (C=O) groups excluding carboxylic acids is 1. The predicted molar refractivity (Wildman–Crippen MR) is 56.2 cm³/mol. The topological polar surface area (TPSA) is 91.3 Å². The molecule has 1 aromatic rings. The van der Waals surface area contributed by atoms with Crippen LogP contribution in [0.2, 0.25) is 0 Å². The Kier molecular flexibility index (Phi) is 3.62. The van der Waals surface area contributed by atoms with Gasteiger partial charge in [0.05, 0.1) is 5.51 Å². The molecule has 0 aliphatic rings. The predicted octanol–water partition coefficient (Wildman–Crippen LogP) is 0.388. The Bertz CT molecular complexity index is 377. The fourth-order valence-electron chi connectivity index (χ4n) is 0.980. The number of nitrogens with one attached hydrogen (secondary N) is 2. The first-order valence-corrected chi connectivity index (χ1v) is 5.09. The van der Waals surface area contributed by atoms with Gasteiger partial charge in [-0.2, -0.15) is 0 Å². The summed E-state index contributed by atoms with van der Waals surface area (Å²) < 4.78 is 0. The minimum absolute atomic E-state index is 0.0595. The number of amides is 1. The molecular weight excluding hydrogens is 218 g/mol. The van der Waals surface area contributed by atoms with Crippen LogP contribution in [-0.4, -0.2) is 35.1 Å². The third-order valence-corrected chi connectivity index (χ3v) is 2.52. The number of thiazole rings is 1. The molecule has 0 aliphatic heterocycles. The first kappa shape index (κ1) is 11.4. The van der Waals surface area contributed by atoms with E-state index in [4.69, 9.17) is 5.11 Å². The SMILES string of the molecule is CNC(=O)C(C)Nc1scnc1C(=O)O. The second kappa shape index (κ2) is 4.74. The van der Waals surface area contributed by atoms with Crippen molar-refractivity contribution in [3.05, 3.63) is 11.2 Å². The normalized spacial score (nSPS) is 11.9. The molecule has 0 spiro atoms. The molecule has 0 aliphatic carbocycles. The highest BCUT2D eigenvalue weighted by molar-refractivity contribution is 7.14. The standard InChI is InChI=1S/C8H11N3O3S/c1-4(6(12)9-2)11-7-5(8(13)14)10-3-15-7/h3-4,11H,1-2H3,(H,9,12)(H,13,14). The van der Waals surface area contributed by atoms with Crippen molar-refractivity contribution in [2.45, 2.75) is 13.0 Å². The Hall–Kier alpha value is -1.63. The molecule has 6 nitrogen and oxygen atoms in total. The van der Waals surface area contributed by atoms with Gasteiger partial charge in [0.25, 0.3) is 0 Å². The summed E-state index contributed by atoms with van der Waals surface area (Å²) in [4.78, 5) is 25.6. The van der Waals surface area contributed by atoms with Crippen molar-refractivity contribution >= 4 is 28.2 Å². The Morgan fingerprint density at radius 3 is 2.80 bits per heavy atom. The summed E-state index contributed by atoms with van der Waals surface area (Å²) in [6.07, 6.45) is 0. The van der Waals surface area contributed by atoms with Gasteiger partial charge in [-0.05, 0) is 6.92 Å². The Balaban J connectivity index is 2.76. The van der Waals surface area contributed by atoms with E-state index < -0.39 is 12.0 Å². The lowest BCUT2D eigenvalue weighted by Crippen LogP contribution is -2.35. The zero-order valence-corrected chi connectivity index (χ0v) is 9.09. The summed E-state index contributed by atoms with van der Waals surface area (Å²) in [6.45, 7) is 1.64. The lowest BCUT2D eigenvalue weighted by molar-refractivity contribution is -0.121. The highest BCUT2D eigenvalue weighted by atomic mass is 32.1. The monoisotopic (exact) mass is 229 g/mol. The summed E-state index contributed by atoms with van der Waals surface area (Å²) in [7, 11) is 1.52. The van der Waals surface area contributed by atoms with Gasteiger partial charge in [0, 0.05) is 7.05 Å². The van der Waals surface area contributed by atoms with Crippen LogP contribution in [0.3, 0.4) is 0 Å². The first-order chi connectivity index (χ1) is 7.06. The molecule has 1 rings (SSSR count). The summed E-state index contributed by atoms with van der Waals surface area (Å²) in [5.41, 5.74) is 1.36. The van der Waals surface area contributed by atoms with Gasteiger partial charge in [-0.25, -0.2) is 9.78 Å². The maximum absolute atomic E-state index is 11.2. The van der Waals surface area contributed by atoms with Gasteiger partial charge in [0.1, 0.15) is 11.0 Å². The van der Waals surface area contributed by atoms with Gasteiger partial charge >= 0.3 is 5.97 Å². The summed E-state index contributed by atoms with van der Waals surface area (Å²) >= 11 is 1.15. The van der Waals surface area contributed by atoms with Gasteiger partial charge in [-0.1, -0.05) is 0 Å². The van der Waals surface area contributed by atoms with E-state index in [1.54, 1.807) is 6.92 Å². The highest BCUT2D eigenvalue weighted by Gasteiger charge is 2.17. The molecule has 1 atom stereocenters. The van der Waals surface area contributed by atoms with E-state index in [1.807, 2.05) is 0 Å². The van der Waals surface area contributed by atoms with Crippen molar-refractivity contribution < 1.29 is 14.7 Å². The summed E-state index contributed by atoms with van der Waals surface area (Å²) in [5.74, 6) is -1.32. The molecule has 1 heterocycles. The van der Waals surface area contributed by atoms with Crippen LogP contribution in [0.1, 0.15) is 17.4 Å². The average Bonchev–Trinajstić information content (AvgIpc) is 2.64. The zero-order chi connectivity index (χ0) is 11.4. The van der Waals surface area contributed by atoms with Crippen molar-refractivity contribution in [2.24, 2.45) is 0 Å². The number of carboxylic acids is 1. The van der Waals surface area contributed by atoms with E-state index in [-0.39, 0.29) is 11.6 Å². The Labute approximate surface area is 90.3 Å². The third kappa shape index (κ3) is 2.66. The van der Waals surface area contributed by atoms with Gasteiger partial charge in [-0.3, -0.25) is 4.79 Å². The van der Waals surface area contributed by atoms with Crippen molar-refractivity contribution in [1.29, 1.82) is 0 Å². The highest BCUT2D eigenvalue weighted by Crippen LogP contribution is 2.20. The number of carbonyl (C=O) groups is 2. The van der Waals surface area contributed by atoms with Crippen LogP contribution in [0.25, 0.3) is 0 Å². The van der Waals surface area contributed by atoms with Crippen LogP contribution in [-0.2, 0) is 4.79 Å². The Morgan fingerprint density at radius 1 is 1.60 bits per heavy atom. The molecule has 3 N–H and O–H groups in total. The maximum Gasteiger partial charge on any atom is 0.357 e. The van der Waals surface area contributed by atoms with Crippen molar-refractivity contribution in [1.82, 2.24) is 10.3 Å². The molecular formula is C8H11N3O3S. The molecule has 7 heteroatoms. The third-order valence-electron chi connectivity index (χ3n) is 1.76. The van der Waals surface area contributed by atoms with Crippen LogP contribution in [0, 0.1) is 0 Å². The summed E-state index contributed by atoms with van der Waals surface area (Å²) in [5, 5.41) is 14.4. The quantitative estimate of drug-likeness (QED) is 0.694. The van der Waals surface area contributed by atoms with E-state index in [0.717, 1.165) is 11.3 Å². The van der Waals surface area contributed by atoms with Crippen molar-refractivity contribution in [3.63, 3.8) is 0 Å². The fourth-order valence-corrected chi connectivity index (χ4v) is 1.74. The zero-order valence-electron chi connectivity index (χ0n) is 8.27. The van der Waals surface area contributed by atoms with E-state index >= 15 is 0 Å². The van der Waals surface area contributed by atoms with Crippen LogP contribution in [0.15, 0.2) is 5.51 Å². The van der Waals surface area contributed by atoms with Gasteiger partial charge in [0.15, 0.2) is 5.69 Å². The molecule has 82 valence electrons. The molecule has 1 amide bonds. The maximum atomic E-state index is 11.2. The lowest BCUT2D eigenvalue weighted by atomic mass is 10.3. The van der Waals surface area contributed by atoms with Gasteiger partial charge in [-0.15, -0.1) is 11.3 Å². The second-order valence-electron chi connectivity index (χ2n) is 2.82. The van der Waals surface area contributed by atoms with Gasteiger partial charge in [0.2, 0.25) is 5.91 Å². The minimum atomic E-state index is -1.11. The van der Waals surface area contributed by atoms with Crippen LogP contribution in [0.4, 0.5) is 5.00 Å². The fraction of sp³-hybridized carbons (Fsp3) is 0.375. The number of likely N-dealkylation sites (N-methyl/N-ethyl adjacent to an activating group) is 1. The van der Waals surface area contributed by atoms with E-state index in [0.29, 0.717) is 5.00 Å². The second-order valence-corrected chi connectivity index (χ2v) is 3.67. The number of hydrogen-bond acceptors (Lipinski definition) is 5. The number of nitrogens with zero attached hydrogens (tertiary/aromatic N) is 1. The molecule has 15 heavy (non-hydrogen) atoms. The molecule has 0 radical (unpaired) electrons. The van der Waals surface area contributed by atoms with E-state index in [9.17, 15) is 9.59 Å². The lowest BCUT2D eigenvalue weighted by Gasteiger charge is -2.11. The molecule has 0 bridgehead atoms. The first-order valence-electron chi connectivity index (χ1n) is 4.21. The van der Waals surface area contributed by atoms with E-state index in [1.165, 1.54) is 12.6 Å². The molecule has 0 saturated carbocycles. The molecule has 0 saturated heterocycles. The van der Waals surface area contributed by atoms with Gasteiger partial charge < -0.3 is 15.7 Å². The average molecular weight is 229 g/mol. The number of rotatable bonds is 4. The van der Waals surface area contributed by atoms with Crippen molar-refractivity contribution in [2.75, 3.05) is 12.4 Å². The number of carboxylic acid groups (broad SMARTS) is 1. The molecule has 0 aromatic carbocycles. The molecule has 0 fully saturated rings. The van der Waals surface area contributed by atoms with Crippen LogP contribution >= 0.6 is 11.3 Å². The number of hydrogen-bond donors (Lipinski definition) is 3. The summed E-state index contributed by atoms with van der Waals surface area (Å²) in [6, 6.07) is -0.492.